The van der Waals surface area contributed by atoms with E-state index in [1.165, 1.54) is 6.42 Å². The average Bonchev–Trinajstić information content (AvgIpc) is 2.57. The molecule has 1 rings (SSSR count). The molecule has 0 saturated carbocycles. The first-order valence-corrected chi connectivity index (χ1v) is 8.03. The molecule has 0 bridgehead atoms. The summed E-state index contributed by atoms with van der Waals surface area (Å²) in [5.41, 5.74) is 1.12. The highest BCUT2D eigenvalue weighted by atomic mass is 16.5. The van der Waals surface area contributed by atoms with Gasteiger partial charge in [-0.25, -0.2) is 0 Å². The van der Waals surface area contributed by atoms with Crippen LogP contribution in [0.5, 0.6) is 5.75 Å². The van der Waals surface area contributed by atoms with Crippen LogP contribution in [-0.4, -0.2) is 51.2 Å². The molecule has 0 radical (unpaired) electrons. The number of para-hydroxylation sites is 1. The summed E-state index contributed by atoms with van der Waals surface area (Å²) in [5, 5.41) is 6.68. The molecule has 2 N–H and O–H groups in total. The number of benzene rings is 1. The minimum absolute atomic E-state index is 0.691. The molecule has 0 spiro atoms. The number of guanidine groups is 1. The van der Waals surface area contributed by atoms with Crippen molar-refractivity contribution in [2.45, 2.75) is 26.8 Å². The Morgan fingerprint density at radius 2 is 1.95 bits per heavy atom. The first kappa shape index (κ1) is 18.3. The van der Waals surface area contributed by atoms with Gasteiger partial charge in [-0.1, -0.05) is 32.0 Å². The molecule has 0 saturated heterocycles. The molecule has 5 nitrogen and oxygen atoms in total. The van der Waals surface area contributed by atoms with Gasteiger partial charge in [0.2, 0.25) is 0 Å². The van der Waals surface area contributed by atoms with E-state index < -0.39 is 0 Å². The predicted molar refractivity (Wildman–Crippen MR) is 93.6 cm³/mol. The lowest BCUT2D eigenvalue weighted by Gasteiger charge is -2.20. The zero-order valence-electron chi connectivity index (χ0n) is 14.4. The molecule has 5 heteroatoms. The van der Waals surface area contributed by atoms with Crippen molar-refractivity contribution in [3.63, 3.8) is 0 Å². The summed E-state index contributed by atoms with van der Waals surface area (Å²) >= 11 is 0. The van der Waals surface area contributed by atoms with Gasteiger partial charge in [-0.15, -0.1) is 0 Å². The summed E-state index contributed by atoms with van der Waals surface area (Å²) in [6, 6.07) is 8.01. The van der Waals surface area contributed by atoms with E-state index in [0.29, 0.717) is 6.54 Å². The predicted octanol–water partition coefficient (Wildman–Crippen LogP) is 2.09. The fraction of sp³-hybridized carbons (Fsp3) is 0.588. The molecule has 0 unspecified atom stereocenters. The monoisotopic (exact) mass is 306 g/mol. The van der Waals surface area contributed by atoms with Crippen molar-refractivity contribution < 1.29 is 4.74 Å². The Bertz CT molecular complexity index is 448. The van der Waals surface area contributed by atoms with Gasteiger partial charge in [-0.3, -0.25) is 4.99 Å². The third-order valence-corrected chi connectivity index (χ3v) is 3.57. The second kappa shape index (κ2) is 10.9. The van der Waals surface area contributed by atoms with Gasteiger partial charge < -0.3 is 20.3 Å². The van der Waals surface area contributed by atoms with Crippen LogP contribution < -0.4 is 15.4 Å². The minimum Gasteiger partial charge on any atom is -0.496 e. The Hall–Kier alpha value is -1.75. The molecular formula is C17H30N4O. The molecule has 0 aliphatic carbocycles. The molecule has 124 valence electrons. The van der Waals surface area contributed by atoms with Crippen molar-refractivity contribution in [1.82, 2.24) is 15.5 Å². The van der Waals surface area contributed by atoms with E-state index in [1.807, 2.05) is 18.2 Å². The van der Waals surface area contributed by atoms with Crippen molar-refractivity contribution in [2.24, 2.45) is 4.99 Å². The van der Waals surface area contributed by atoms with Crippen LogP contribution in [0.25, 0.3) is 0 Å². The van der Waals surface area contributed by atoms with E-state index in [-0.39, 0.29) is 0 Å². The van der Waals surface area contributed by atoms with E-state index in [4.69, 9.17) is 4.74 Å². The lowest BCUT2D eigenvalue weighted by Crippen LogP contribution is -2.41. The van der Waals surface area contributed by atoms with Gasteiger partial charge in [0, 0.05) is 32.2 Å². The van der Waals surface area contributed by atoms with Crippen LogP contribution in [0.4, 0.5) is 0 Å². The number of likely N-dealkylation sites (N-methyl/N-ethyl adjacent to an activating group) is 1. The topological polar surface area (TPSA) is 48.9 Å². The van der Waals surface area contributed by atoms with E-state index in [0.717, 1.165) is 43.5 Å². The normalized spacial score (nSPS) is 11.6. The summed E-state index contributed by atoms with van der Waals surface area (Å²) in [5.74, 6) is 1.71. The maximum Gasteiger partial charge on any atom is 0.191 e. The second-order valence-corrected chi connectivity index (χ2v) is 5.10. The van der Waals surface area contributed by atoms with Gasteiger partial charge >= 0.3 is 0 Å². The number of nitrogens with zero attached hydrogens (tertiary/aromatic N) is 2. The summed E-state index contributed by atoms with van der Waals surface area (Å²) in [7, 11) is 3.49. The van der Waals surface area contributed by atoms with Crippen LogP contribution in [0.3, 0.4) is 0 Å². The Morgan fingerprint density at radius 3 is 2.59 bits per heavy atom. The van der Waals surface area contributed by atoms with Crippen molar-refractivity contribution >= 4 is 5.96 Å². The highest BCUT2D eigenvalue weighted by Gasteiger charge is 2.04. The highest BCUT2D eigenvalue weighted by molar-refractivity contribution is 5.79. The molecule has 0 aromatic heterocycles. The van der Waals surface area contributed by atoms with E-state index in [2.05, 4.69) is 40.4 Å². The summed E-state index contributed by atoms with van der Waals surface area (Å²) < 4.78 is 5.36. The number of rotatable bonds is 9. The van der Waals surface area contributed by atoms with Gasteiger partial charge in [0.05, 0.1) is 7.11 Å². The Labute approximate surface area is 134 Å². The third kappa shape index (κ3) is 6.35. The van der Waals surface area contributed by atoms with E-state index >= 15 is 0 Å². The van der Waals surface area contributed by atoms with Crippen LogP contribution in [0.2, 0.25) is 0 Å². The van der Waals surface area contributed by atoms with Gasteiger partial charge in [0.15, 0.2) is 5.96 Å². The molecule has 0 amide bonds. The van der Waals surface area contributed by atoms with Crippen LogP contribution in [0.15, 0.2) is 29.3 Å². The smallest absolute Gasteiger partial charge is 0.191 e. The van der Waals surface area contributed by atoms with Crippen LogP contribution >= 0.6 is 0 Å². The van der Waals surface area contributed by atoms with Crippen LogP contribution in [0, 0.1) is 0 Å². The largest absolute Gasteiger partial charge is 0.496 e. The number of hydrogen-bond donors (Lipinski definition) is 2. The maximum atomic E-state index is 5.36. The van der Waals surface area contributed by atoms with Gasteiger partial charge in [-0.05, 0) is 25.6 Å². The standard InChI is InChI=1S/C17H30N4O/c1-5-12-21(6-2)13-11-19-17(18-3)20-14-15-9-7-8-10-16(15)22-4/h7-10H,5-6,11-14H2,1-4H3,(H2,18,19,20). The second-order valence-electron chi connectivity index (χ2n) is 5.10. The number of nitrogens with one attached hydrogen (secondary N) is 2. The summed E-state index contributed by atoms with van der Waals surface area (Å²) in [4.78, 5) is 6.69. The fourth-order valence-corrected chi connectivity index (χ4v) is 2.33. The summed E-state index contributed by atoms with van der Waals surface area (Å²) in [6.45, 7) is 9.25. The minimum atomic E-state index is 0.691. The number of aliphatic imine (C=N–C) groups is 1. The van der Waals surface area contributed by atoms with Crippen molar-refractivity contribution in [3.8, 4) is 5.75 Å². The zero-order chi connectivity index (χ0) is 16.2. The molecule has 0 aliphatic heterocycles. The SMILES string of the molecule is CCCN(CC)CCNC(=NC)NCc1ccccc1OC. The molecule has 0 fully saturated rings. The third-order valence-electron chi connectivity index (χ3n) is 3.57. The molecule has 22 heavy (non-hydrogen) atoms. The quantitative estimate of drug-likeness (QED) is 0.542. The highest BCUT2D eigenvalue weighted by Crippen LogP contribution is 2.16. The fourth-order valence-electron chi connectivity index (χ4n) is 2.33. The molecular weight excluding hydrogens is 276 g/mol. The first-order valence-electron chi connectivity index (χ1n) is 8.03. The zero-order valence-corrected chi connectivity index (χ0v) is 14.4. The number of ether oxygens (including phenoxy) is 1. The van der Waals surface area contributed by atoms with Crippen LogP contribution in [0.1, 0.15) is 25.8 Å². The van der Waals surface area contributed by atoms with Gasteiger partial charge in [0.1, 0.15) is 5.75 Å². The van der Waals surface area contributed by atoms with E-state index in [9.17, 15) is 0 Å². The molecule has 0 aliphatic rings. The first-order chi connectivity index (χ1) is 10.7. The maximum absolute atomic E-state index is 5.36. The molecule has 1 aromatic carbocycles. The van der Waals surface area contributed by atoms with Crippen molar-refractivity contribution in [2.75, 3.05) is 40.3 Å². The Kier molecular flexibility index (Phi) is 9.07. The van der Waals surface area contributed by atoms with Gasteiger partial charge in [-0.2, -0.15) is 0 Å². The van der Waals surface area contributed by atoms with Crippen molar-refractivity contribution in [3.05, 3.63) is 29.8 Å². The molecule has 1 aromatic rings. The van der Waals surface area contributed by atoms with Crippen molar-refractivity contribution in [1.29, 1.82) is 0 Å². The van der Waals surface area contributed by atoms with Crippen LogP contribution in [-0.2, 0) is 6.54 Å². The Balaban J connectivity index is 2.39. The summed E-state index contributed by atoms with van der Waals surface area (Å²) in [6.07, 6.45) is 1.19. The number of hydrogen-bond acceptors (Lipinski definition) is 3. The number of methoxy groups -OCH3 is 1. The lowest BCUT2D eigenvalue weighted by molar-refractivity contribution is 0.293. The molecule has 0 heterocycles. The average molecular weight is 306 g/mol. The molecule has 0 atom stereocenters. The van der Waals surface area contributed by atoms with Gasteiger partial charge in [0.25, 0.3) is 0 Å². The van der Waals surface area contributed by atoms with E-state index in [1.54, 1.807) is 14.2 Å². The lowest BCUT2D eigenvalue weighted by atomic mass is 10.2. The Morgan fingerprint density at radius 1 is 1.18 bits per heavy atom.